The Bertz CT molecular complexity index is 568. The Morgan fingerprint density at radius 2 is 1.71 bits per heavy atom. The summed E-state index contributed by atoms with van der Waals surface area (Å²) in [4.78, 5) is 11.9. The van der Waals surface area contributed by atoms with Crippen molar-refractivity contribution >= 4 is 15.6 Å². The Kier molecular flexibility index (Phi) is 2.70. The summed E-state index contributed by atoms with van der Waals surface area (Å²) in [6.45, 7) is 3.53. The number of hydrogen-bond donors (Lipinski definition) is 0. The van der Waals surface area contributed by atoms with E-state index in [9.17, 15) is 13.2 Å². The Balaban J connectivity index is 2.52. The van der Waals surface area contributed by atoms with E-state index in [0.29, 0.717) is 0 Å². The van der Waals surface area contributed by atoms with Crippen molar-refractivity contribution in [3.63, 3.8) is 0 Å². The first-order chi connectivity index (χ1) is 7.86. The highest BCUT2D eigenvalue weighted by molar-refractivity contribution is 7.93. The van der Waals surface area contributed by atoms with Crippen LogP contribution in [0.1, 0.15) is 13.8 Å². The Labute approximate surface area is 101 Å². The highest BCUT2D eigenvalue weighted by atomic mass is 32.2. The quantitative estimate of drug-likeness (QED) is 0.806. The minimum atomic E-state index is -3.61. The van der Waals surface area contributed by atoms with Crippen molar-refractivity contribution < 1.29 is 13.2 Å². The van der Waals surface area contributed by atoms with Crippen LogP contribution in [-0.2, 0) is 14.6 Å². The zero-order valence-corrected chi connectivity index (χ0v) is 10.6. The summed E-state index contributed by atoms with van der Waals surface area (Å²) in [6.07, 6.45) is 3.03. The summed E-state index contributed by atoms with van der Waals surface area (Å²) in [5.74, 6) is -0.334. The SMILES string of the molecule is CC1(C)C=CC(=O)C1S(=O)(=O)c1ccccc1. The normalized spacial score (nSPS) is 22.9. The molecule has 0 bridgehead atoms. The van der Waals surface area contributed by atoms with Gasteiger partial charge >= 0.3 is 0 Å². The second-order valence-electron chi connectivity index (χ2n) is 4.80. The Morgan fingerprint density at radius 3 is 2.18 bits per heavy atom. The molecule has 1 unspecified atom stereocenters. The van der Waals surface area contributed by atoms with Crippen LogP contribution in [0.25, 0.3) is 0 Å². The largest absolute Gasteiger partial charge is 0.293 e. The van der Waals surface area contributed by atoms with Crippen molar-refractivity contribution in [1.82, 2.24) is 0 Å². The third kappa shape index (κ3) is 1.93. The fourth-order valence-corrected chi connectivity index (χ4v) is 4.21. The minimum Gasteiger partial charge on any atom is -0.293 e. The number of hydrogen-bond acceptors (Lipinski definition) is 3. The molecule has 4 heteroatoms. The van der Waals surface area contributed by atoms with Gasteiger partial charge in [0.25, 0.3) is 0 Å². The van der Waals surface area contributed by atoms with Crippen LogP contribution in [0.15, 0.2) is 47.4 Å². The van der Waals surface area contributed by atoms with Gasteiger partial charge in [-0.05, 0) is 18.2 Å². The summed E-state index contributed by atoms with van der Waals surface area (Å²) >= 11 is 0. The first-order valence-corrected chi connectivity index (χ1v) is 6.92. The molecular formula is C13H14O3S. The molecule has 17 heavy (non-hydrogen) atoms. The molecule has 2 rings (SSSR count). The molecule has 0 saturated heterocycles. The average Bonchev–Trinajstić information content (AvgIpc) is 2.54. The van der Waals surface area contributed by atoms with Crippen LogP contribution in [0.4, 0.5) is 0 Å². The molecule has 0 heterocycles. The molecule has 0 saturated carbocycles. The number of allylic oxidation sites excluding steroid dienone is 2. The lowest BCUT2D eigenvalue weighted by Gasteiger charge is -2.24. The molecule has 3 nitrogen and oxygen atoms in total. The van der Waals surface area contributed by atoms with Crippen molar-refractivity contribution in [2.45, 2.75) is 24.0 Å². The van der Waals surface area contributed by atoms with Crippen molar-refractivity contribution in [3.05, 3.63) is 42.5 Å². The lowest BCUT2D eigenvalue weighted by molar-refractivity contribution is -0.114. The minimum absolute atomic E-state index is 0.204. The predicted octanol–water partition coefficient (Wildman–Crippen LogP) is 1.99. The number of sulfone groups is 1. The molecule has 1 atom stereocenters. The van der Waals surface area contributed by atoms with E-state index >= 15 is 0 Å². The van der Waals surface area contributed by atoms with Crippen molar-refractivity contribution in [3.8, 4) is 0 Å². The summed E-state index contributed by atoms with van der Waals surface area (Å²) in [5, 5.41) is -1.00. The van der Waals surface area contributed by atoms with Gasteiger partial charge in [-0.15, -0.1) is 0 Å². The van der Waals surface area contributed by atoms with E-state index in [0.717, 1.165) is 0 Å². The number of carbonyl (C=O) groups excluding carboxylic acids is 1. The summed E-state index contributed by atoms with van der Waals surface area (Å²) in [7, 11) is -3.61. The van der Waals surface area contributed by atoms with Crippen LogP contribution in [0.3, 0.4) is 0 Å². The second kappa shape index (κ2) is 3.81. The van der Waals surface area contributed by atoms with Gasteiger partial charge in [0.05, 0.1) is 4.90 Å². The average molecular weight is 250 g/mol. The number of carbonyl (C=O) groups is 1. The lowest BCUT2D eigenvalue weighted by Crippen LogP contribution is -2.37. The van der Waals surface area contributed by atoms with Gasteiger partial charge in [-0.2, -0.15) is 0 Å². The van der Waals surface area contributed by atoms with E-state index in [4.69, 9.17) is 0 Å². The monoisotopic (exact) mass is 250 g/mol. The fourth-order valence-electron chi connectivity index (χ4n) is 2.14. The van der Waals surface area contributed by atoms with E-state index in [1.54, 1.807) is 38.1 Å². The fraction of sp³-hybridized carbons (Fsp3) is 0.308. The molecule has 1 aliphatic rings. The van der Waals surface area contributed by atoms with Gasteiger partial charge in [0.2, 0.25) is 0 Å². The maximum atomic E-state index is 12.4. The van der Waals surface area contributed by atoms with Gasteiger partial charge in [-0.25, -0.2) is 8.42 Å². The molecule has 1 aliphatic carbocycles. The zero-order chi connectivity index (χ0) is 12.7. The second-order valence-corrected chi connectivity index (χ2v) is 6.83. The van der Waals surface area contributed by atoms with Gasteiger partial charge in [0.15, 0.2) is 15.6 Å². The number of ketones is 1. The topological polar surface area (TPSA) is 51.2 Å². The smallest absolute Gasteiger partial charge is 0.189 e. The maximum Gasteiger partial charge on any atom is 0.189 e. The molecule has 1 aromatic rings. The van der Waals surface area contributed by atoms with Crippen LogP contribution in [0.2, 0.25) is 0 Å². The lowest BCUT2D eigenvalue weighted by atomic mass is 9.93. The Morgan fingerprint density at radius 1 is 1.12 bits per heavy atom. The van der Waals surface area contributed by atoms with E-state index in [1.807, 2.05) is 0 Å². The first-order valence-electron chi connectivity index (χ1n) is 5.38. The van der Waals surface area contributed by atoms with Crippen molar-refractivity contribution in [2.75, 3.05) is 0 Å². The van der Waals surface area contributed by atoms with Gasteiger partial charge in [0, 0.05) is 5.41 Å². The third-order valence-electron chi connectivity index (χ3n) is 2.99. The highest BCUT2D eigenvalue weighted by Crippen LogP contribution is 2.36. The molecule has 90 valence electrons. The zero-order valence-electron chi connectivity index (χ0n) is 9.75. The standard InChI is InChI=1S/C13H14O3S/c1-13(2)9-8-11(14)12(13)17(15,16)10-6-4-3-5-7-10/h3-9,12H,1-2H3. The molecule has 0 fully saturated rings. The third-order valence-corrected chi connectivity index (χ3v) is 5.38. The van der Waals surface area contributed by atoms with E-state index in [1.165, 1.54) is 18.2 Å². The Hall–Kier alpha value is -1.42. The molecule has 0 spiro atoms. The molecule has 0 amide bonds. The highest BCUT2D eigenvalue weighted by Gasteiger charge is 2.46. The molecule has 0 N–H and O–H groups in total. The van der Waals surface area contributed by atoms with Gasteiger partial charge < -0.3 is 0 Å². The van der Waals surface area contributed by atoms with Gasteiger partial charge in [-0.1, -0.05) is 38.1 Å². The number of benzene rings is 1. The molecule has 1 aromatic carbocycles. The van der Waals surface area contributed by atoms with Crippen LogP contribution in [0.5, 0.6) is 0 Å². The molecular weight excluding hydrogens is 236 g/mol. The summed E-state index contributed by atoms with van der Waals surface area (Å²) in [6, 6.07) is 8.12. The molecule has 0 radical (unpaired) electrons. The van der Waals surface area contributed by atoms with Gasteiger partial charge in [-0.3, -0.25) is 4.79 Å². The molecule has 0 aromatic heterocycles. The van der Waals surface area contributed by atoms with Crippen molar-refractivity contribution in [2.24, 2.45) is 5.41 Å². The van der Waals surface area contributed by atoms with E-state index < -0.39 is 20.5 Å². The van der Waals surface area contributed by atoms with Crippen LogP contribution < -0.4 is 0 Å². The number of rotatable bonds is 2. The first kappa shape index (κ1) is 12.0. The van der Waals surface area contributed by atoms with Crippen LogP contribution >= 0.6 is 0 Å². The summed E-state index contributed by atoms with van der Waals surface area (Å²) < 4.78 is 24.8. The van der Waals surface area contributed by atoms with Crippen molar-refractivity contribution in [1.29, 1.82) is 0 Å². The van der Waals surface area contributed by atoms with Gasteiger partial charge in [0.1, 0.15) is 5.25 Å². The van der Waals surface area contributed by atoms with Crippen LogP contribution in [-0.4, -0.2) is 19.5 Å². The molecule has 0 aliphatic heterocycles. The van der Waals surface area contributed by atoms with E-state index in [2.05, 4.69) is 0 Å². The summed E-state index contributed by atoms with van der Waals surface area (Å²) in [5.41, 5.74) is -0.647. The predicted molar refractivity (Wildman–Crippen MR) is 65.3 cm³/mol. The van der Waals surface area contributed by atoms with E-state index in [-0.39, 0.29) is 10.7 Å². The van der Waals surface area contributed by atoms with Crippen LogP contribution in [0, 0.1) is 5.41 Å². The maximum absolute atomic E-state index is 12.4.